The fourth-order valence-electron chi connectivity index (χ4n) is 1.26. The molecule has 0 aromatic carbocycles. The summed E-state index contributed by atoms with van der Waals surface area (Å²) in [5.41, 5.74) is -0.202. The van der Waals surface area contributed by atoms with Crippen LogP contribution >= 0.6 is 0 Å². The minimum absolute atomic E-state index is 0.148. The number of hydrogen-bond donors (Lipinski definition) is 2. The van der Waals surface area contributed by atoms with E-state index in [1.807, 2.05) is 14.0 Å². The van der Waals surface area contributed by atoms with Crippen molar-refractivity contribution in [3.05, 3.63) is 0 Å². The summed E-state index contributed by atoms with van der Waals surface area (Å²) in [7, 11) is 1.87. The van der Waals surface area contributed by atoms with Crippen LogP contribution in [0.4, 0.5) is 0 Å². The molecule has 14 heavy (non-hydrogen) atoms. The Hall–Kier alpha value is -0.120. The molecule has 0 aromatic heterocycles. The number of aliphatic hydroxyl groups is 1. The Morgan fingerprint density at radius 2 is 2.14 bits per heavy atom. The molecule has 0 radical (unpaired) electrons. The summed E-state index contributed by atoms with van der Waals surface area (Å²) in [6, 6.07) is 0. The zero-order valence-electron chi connectivity index (χ0n) is 9.97. The number of ether oxygens (including phenoxy) is 1. The molecule has 0 heterocycles. The van der Waals surface area contributed by atoms with Gasteiger partial charge in [-0.05, 0) is 33.7 Å². The predicted octanol–water partition coefficient (Wildman–Crippen LogP) is 1.55. The molecular weight excluding hydrogens is 178 g/mol. The molecule has 0 aliphatic rings. The largest absolute Gasteiger partial charge is 0.394 e. The van der Waals surface area contributed by atoms with E-state index in [1.54, 1.807) is 0 Å². The monoisotopic (exact) mass is 203 g/mol. The summed E-state index contributed by atoms with van der Waals surface area (Å²) in [4.78, 5) is 0. The molecule has 2 unspecified atom stereocenters. The van der Waals surface area contributed by atoms with Crippen molar-refractivity contribution in [2.75, 3.05) is 20.3 Å². The Kier molecular flexibility index (Phi) is 7.15. The van der Waals surface area contributed by atoms with E-state index in [4.69, 9.17) is 9.84 Å². The van der Waals surface area contributed by atoms with Crippen LogP contribution in [-0.2, 0) is 4.74 Å². The van der Waals surface area contributed by atoms with Crippen molar-refractivity contribution in [2.24, 2.45) is 0 Å². The zero-order chi connectivity index (χ0) is 11.0. The van der Waals surface area contributed by atoms with Gasteiger partial charge in [-0.2, -0.15) is 0 Å². The maximum absolute atomic E-state index is 9.14. The Labute approximate surface area is 87.8 Å². The van der Waals surface area contributed by atoms with Gasteiger partial charge in [0.2, 0.25) is 0 Å². The highest BCUT2D eigenvalue weighted by atomic mass is 16.5. The maximum Gasteiger partial charge on any atom is 0.0611 e. The lowest BCUT2D eigenvalue weighted by Gasteiger charge is -2.27. The van der Waals surface area contributed by atoms with Crippen LogP contribution in [0, 0.1) is 0 Å². The van der Waals surface area contributed by atoms with Crippen LogP contribution in [0.5, 0.6) is 0 Å². The lowest BCUT2D eigenvalue weighted by Crippen LogP contribution is -2.44. The molecule has 2 atom stereocenters. The van der Waals surface area contributed by atoms with E-state index >= 15 is 0 Å². The average molecular weight is 203 g/mol. The normalized spacial score (nSPS) is 17.8. The van der Waals surface area contributed by atoms with Gasteiger partial charge in [0.25, 0.3) is 0 Å². The highest BCUT2D eigenvalue weighted by molar-refractivity contribution is 4.79. The molecule has 0 aromatic rings. The molecule has 0 fully saturated rings. The molecule has 2 N–H and O–H groups in total. The van der Waals surface area contributed by atoms with Crippen molar-refractivity contribution in [1.82, 2.24) is 5.32 Å². The second-order valence-electron chi connectivity index (χ2n) is 4.19. The van der Waals surface area contributed by atoms with Gasteiger partial charge in [0.1, 0.15) is 0 Å². The number of rotatable bonds is 8. The van der Waals surface area contributed by atoms with E-state index in [-0.39, 0.29) is 12.1 Å². The number of nitrogens with one attached hydrogen (secondary N) is 1. The van der Waals surface area contributed by atoms with Crippen LogP contribution in [0.25, 0.3) is 0 Å². The third kappa shape index (κ3) is 5.58. The third-order valence-corrected chi connectivity index (χ3v) is 2.70. The molecule has 0 aliphatic heterocycles. The minimum atomic E-state index is -0.202. The molecule has 0 saturated heterocycles. The maximum atomic E-state index is 9.14. The second kappa shape index (κ2) is 7.21. The molecule has 3 heteroatoms. The van der Waals surface area contributed by atoms with Gasteiger partial charge in [0, 0.05) is 12.1 Å². The van der Waals surface area contributed by atoms with E-state index in [1.165, 1.54) is 0 Å². The Bertz CT molecular complexity index is 135. The van der Waals surface area contributed by atoms with Gasteiger partial charge < -0.3 is 15.2 Å². The summed E-state index contributed by atoms with van der Waals surface area (Å²) in [6.45, 7) is 7.11. The molecule has 3 nitrogen and oxygen atoms in total. The van der Waals surface area contributed by atoms with Crippen molar-refractivity contribution in [1.29, 1.82) is 0 Å². The molecule has 0 amide bonds. The second-order valence-corrected chi connectivity index (χ2v) is 4.19. The smallest absolute Gasteiger partial charge is 0.0611 e. The van der Waals surface area contributed by atoms with Gasteiger partial charge in [0.15, 0.2) is 0 Å². The highest BCUT2D eigenvalue weighted by Gasteiger charge is 2.20. The number of hydrogen-bond acceptors (Lipinski definition) is 3. The van der Waals surface area contributed by atoms with Crippen molar-refractivity contribution >= 4 is 0 Å². The summed E-state index contributed by atoms with van der Waals surface area (Å²) in [6.07, 6.45) is 3.44. The van der Waals surface area contributed by atoms with Crippen molar-refractivity contribution in [2.45, 2.75) is 51.7 Å². The van der Waals surface area contributed by atoms with Crippen LogP contribution in [-0.4, -0.2) is 37.0 Å². The summed E-state index contributed by atoms with van der Waals surface area (Å²) in [5.74, 6) is 0. The lowest BCUT2D eigenvalue weighted by atomic mass is 10.0. The lowest BCUT2D eigenvalue weighted by molar-refractivity contribution is 0.0374. The van der Waals surface area contributed by atoms with Gasteiger partial charge in [-0.25, -0.2) is 0 Å². The van der Waals surface area contributed by atoms with Crippen molar-refractivity contribution in [3.63, 3.8) is 0 Å². The topological polar surface area (TPSA) is 41.5 Å². The van der Waals surface area contributed by atoms with Crippen LogP contribution in [0.3, 0.4) is 0 Å². The quantitative estimate of drug-likeness (QED) is 0.629. The van der Waals surface area contributed by atoms with E-state index in [0.717, 1.165) is 19.3 Å². The first kappa shape index (κ1) is 13.9. The van der Waals surface area contributed by atoms with E-state index < -0.39 is 0 Å². The standard InChI is InChI=1S/C11H25NO2/c1-5-6-10(2)14-8-7-11(3,9-13)12-4/h10,12-13H,5-9H2,1-4H3. The minimum Gasteiger partial charge on any atom is -0.394 e. The summed E-state index contributed by atoms with van der Waals surface area (Å²) in [5, 5.41) is 12.2. The van der Waals surface area contributed by atoms with E-state index in [0.29, 0.717) is 12.7 Å². The first-order chi connectivity index (χ1) is 6.58. The van der Waals surface area contributed by atoms with Crippen LogP contribution in [0.15, 0.2) is 0 Å². The van der Waals surface area contributed by atoms with Gasteiger partial charge in [-0.3, -0.25) is 0 Å². The Balaban J connectivity index is 3.61. The van der Waals surface area contributed by atoms with Gasteiger partial charge in [0.05, 0.1) is 12.7 Å². The van der Waals surface area contributed by atoms with Gasteiger partial charge in [-0.1, -0.05) is 13.3 Å². The van der Waals surface area contributed by atoms with Crippen LogP contribution in [0.2, 0.25) is 0 Å². The molecular formula is C11H25NO2. The molecule has 0 bridgehead atoms. The van der Waals surface area contributed by atoms with Crippen molar-refractivity contribution < 1.29 is 9.84 Å². The number of likely N-dealkylation sites (N-methyl/N-ethyl adjacent to an activating group) is 1. The van der Waals surface area contributed by atoms with Gasteiger partial charge in [-0.15, -0.1) is 0 Å². The fourth-order valence-corrected chi connectivity index (χ4v) is 1.26. The van der Waals surface area contributed by atoms with Crippen molar-refractivity contribution in [3.8, 4) is 0 Å². The molecule has 0 spiro atoms. The highest BCUT2D eigenvalue weighted by Crippen LogP contribution is 2.09. The first-order valence-corrected chi connectivity index (χ1v) is 5.49. The molecule has 0 aliphatic carbocycles. The van der Waals surface area contributed by atoms with Gasteiger partial charge >= 0.3 is 0 Å². The Morgan fingerprint density at radius 3 is 2.57 bits per heavy atom. The first-order valence-electron chi connectivity index (χ1n) is 5.49. The number of aliphatic hydroxyl groups excluding tert-OH is 1. The van der Waals surface area contributed by atoms with Crippen LogP contribution < -0.4 is 5.32 Å². The molecule has 0 saturated carbocycles. The van der Waals surface area contributed by atoms with E-state index in [2.05, 4.69) is 19.2 Å². The third-order valence-electron chi connectivity index (χ3n) is 2.70. The average Bonchev–Trinajstić information content (AvgIpc) is 2.18. The zero-order valence-corrected chi connectivity index (χ0v) is 9.97. The summed E-state index contributed by atoms with van der Waals surface area (Å²) < 4.78 is 5.63. The predicted molar refractivity (Wildman–Crippen MR) is 59.5 cm³/mol. The molecule has 86 valence electrons. The molecule has 0 rings (SSSR count). The summed E-state index contributed by atoms with van der Waals surface area (Å²) >= 11 is 0. The van der Waals surface area contributed by atoms with Crippen LogP contribution in [0.1, 0.15) is 40.0 Å². The SMILES string of the molecule is CCCC(C)OCCC(C)(CO)NC. The van der Waals surface area contributed by atoms with E-state index in [9.17, 15) is 0 Å². The fraction of sp³-hybridized carbons (Fsp3) is 1.00. The Morgan fingerprint density at radius 1 is 1.50 bits per heavy atom.